The molecule has 0 spiro atoms. The molecule has 0 saturated heterocycles. The summed E-state index contributed by atoms with van der Waals surface area (Å²) in [4.78, 5) is 0. The minimum atomic E-state index is -2.44. The van der Waals surface area contributed by atoms with Crippen LogP contribution in [-0.4, -0.2) is 33.3 Å². The average Bonchev–Trinajstić information content (AvgIpc) is 2.36. The van der Waals surface area contributed by atoms with E-state index in [1.165, 1.54) is 0 Å². The molecule has 0 bridgehead atoms. The van der Waals surface area contributed by atoms with E-state index < -0.39 is 13.0 Å². The lowest BCUT2D eigenvalue weighted by atomic mass is 10.1. The molecule has 1 atom stereocenters. The second kappa shape index (κ2) is 8.00. The van der Waals surface area contributed by atoms with E-state index in [0.717, 1.165) is 11.3 Å². The molecule has 0 amide bonds. The third-order valence-corrected chi connectivity index (χ3v) is 2.47. The van der Waals surface area contributed by atoms with E-state index in [1.54, 1.807) is 7.05 Å². The van der Waals surface area contributed by atoms with Crippen molar-refractivity contribution >= 4 is 0 Å². The van der Waals surface area contributed by atoms with E-state index in [2.05, 4.69) is 5.32 Å². The van der Waals surface area contributed by atoms with E-state index in [9.17, 15) is 8.78 Å². The predicted molar refractivity (Wildman–Crippen MR) is 66.2 cm³/mol. The van der Waals surface area contributed by atoms with E-state index >= 15 is 0 Å². The van der Waals surface area contributed by atoms with E-state index in [0.29, 0.717) is 6.61 Å². The largest absolute Gasteiger partial charge is 0.494 e. The van der Waals surface area contributed by atoms with Gasteiger partial charge in [-0.25, -0.2) is 8.78 Å². The summed E-state index contributed by atoms with van der Waals surface area (Å²) in [5.74, 6) is 0.750. The van der Waals surface area contributed by atoms with Crippen LogP contribution in [0.5, 0.6) is 5.75 Å². The summed E-state index contributed by atoms with van der Waals surface area (Å²) < 4.78 is 34.5. The molecule has 3 nitrogen and oxygen atoms in total. The summed E-state index contributed by atoms with van der Waals surface area (Å²) in [7, 11) is 1.76. The first-order valence-corrected chi connectivity index (χ1v) is 5.93. The van der Waals surface area contributed by atoms with Gasteiger partial charge in [-0.3, -0.25) is 0 Å². The van der Waals surface area contributed by atoms with Crippen LogP contribution in [0, 0.1) is 0 Å². The molecule has 0 saturated carbocycles. The van der Waals surface area contributed by atoms with E-state index in [4.69, 9.17) is 9.47 Å². The van der Waals surface area contributed by atoms with Crippen LogP contribution < -0.4 is 10.1 Å². The molecule has 0 fully saturated rings. The molecule has 1 aromatic rings. The third kappa shape index (κ3) is 4.58. The number of likely N-dealkylation sites (N-methyl/N-ethyl adjacent to an activating group) is 1. The number of hydrogen-bond donors (Lipinski definition) is 1. The molecule has 18 heavy (non-hydrogen) atoms. The Hall–Kier alpha value is -1.20. The SMILES string of the molecule is CCOc1ccccc1C(COCC(F)F)NC. The Kier molecular flexibility index (Phi) is 6.60. The molecule has 0 aliphatic heterocycles. The van der Waals surface area contributed by atoms with Crippen molar-refractivity contribution < 1.29 is 18.3 Å². The number of ether oxygens (including phenoxy) is 2. The Labute approximate surface area is 106 Å². The van der Waals surface area contributed by atoms with Crippen LogP contribution in [0.1, 0.15) is 18.5 Å². The molecule has 5 heteroatoms. The number of benzene rings is 1. The third-order valence-electron chi connectivity index (χ3n) is 2.47. The fourth-order valence-corrected chi connectivity index (χ4v) is 1.66. The van der Waals surface area contributed by atoms with Crippen molar-refractivity contribution in [2.24, 2.45) is 0 Å². The second-order valence-electron chi connectivity index (χ2n) is 3.74. The molecule has 0 aliphatic carbocycles. The van der Waals surface area contributed by atoms with Gasteiger partial charge < -0.3 is 14.8 Å². The van der Waals surface area contributed by atoms with E-state index in [1.807, 2.05) is 31.2 Å². The van der Waals surface area contributed by atoms with Crippen LogP contribution >= 0.6 is 0 Å². The monoisotopic (exact) mass is 259 g/mol. The Bertz CT molecular complexity index is 348. The fraction of sp³-hybridized carbons (Fsp3) is 0.538. The minimum absolute atomic E-state index is 0.161. The van der Waals surface area contributed by atoms with Gasteiger partial charge in [0.25, 0.3) is 6.43 Å². The van der Waals surface area contributed by atoms with Gasteiger partial charge in [0.1, 0.15) is 12.4 Å². The molecule has 102 valence electrons. The lowest BCUT2D eigenvalue weighted by Crippen LogP contribution is -2.23. The quantitative estimate of drug-likeness (QED) is 0.778. The predicted octanol–water partition coefficient (Wildman–Crippen LogP) is 2.63. The van der Waals surface area contributed by atoms with Crippen LogP contribution in [0.2, 0.25) is 0 Å². The highest BCUT2D eigenvalue weighted by Gasteiger charge is 2.15. The van der Waals surface area contributed by atoms with Gasteiger partial charge in [0.15, 0.2) is 0 Å². The molecule has 0 aromatic heterocycles. The molecule has 0 aliphatic rings. The summed E-state index contributed by atoms with van der Waals surface area (Å²) in [5.41, 5.74) is 0.913. The van der Waals surface area contributed by atoms with Gasteiger partial charge in [-0.1, -0.05) is 18.2 Å². The van der Waals surface area contributed by atoms with Crippen LogP contribution in [-0.2, 0) is 4.74 Å². The highest BCUT2D eigenvalue weighted by molar-refractivity contribution is 5.36. The van der Waals surface area contributed by atoms with Gasteiger partial charge in [0, 0.05) is 5.56 Å². The standard InChI is InChI=1S/C13H19F2NO2/c1-3-18-12-7-5-4-6-10(12)11(16-2)8-17-9-13(14)15/h4-7,11,13,16H,3,8-9H2,1-2H3. The van der Waals surface area contributed by atoms with Gasteiger partial charge in [-0.2, -0.15) is 0 Å². The van der Waals surface area contributed by atoms with Crippen LogP contribution in [0.3, 0.4) is 0 Å². The Morgan fingerprint density at radius 1 is 1.22 bits per heavy atom. The molecular formula is C13H19F2NO2. The highest BCUT2D eigenvalue weighted by atomic mass is 19.3. The summed E-state index contributed by atoms with van der Waals surface area (Å²) >= 11 is 0. The molecular weight excluding hydrogens is 240 g/mol. The average molecular weight is 259 g/mol. The molecule has 1 N–H and O–H groups in total. The van der Waals surface area contributed by atoms with Crippen molar-refractivity contribution in [2.75, 3.05) is 26.9 Å². The zero-order valence-electron chi connectivity index (χ0n) is 10.7. The number of hydrogen-bond acceptors (Lipinski definition) is 3. The zero-order chi connectivity index (χ0) is 13.4. The van der Waals surface area contributed by atoms with Crippen molar-refractivity contribution in [3.8, 4) is 5.75 Å². The first kappa shape index (κ1) is 14.9. The summed E-state index contributed by atoms with van der Waals surface area (Å²) in [5, 5.41) is 3.04. The lowest BCUT2D eigenvalue weighted by Gasteiger charge is -2.19. The number of rotatable bonds is 8. The van der Waals surface area contributed by atoms with Crippen molar-refractivity contribution in [1.29, 1.82) is 0 Å². The van der Waals surface area contributed by atoms with Gasteiger partial charge in [-0.15, -0.1) is 0 Å². The zero-order valence-corrected chi connectivity index (χ0v) is 10.7. The number of halogens is 2. The number of alkyl halides is 2. The summed E-state index contributed by atoms with van der Waals surface area (Å²) in [6, 6.07) is 7.36. The molecule has 1 unspecified atom stereocenters. The van der Waals surface area contributed by atoms with Gasteiger partial charge >= 0.3 is 0 Å². The van der Waals surface area contributed by atoms with Crippen molar-refractivity contribution in [2.45, 2.75) is 19.4 Å². The Morgan fingerprint density at radius 3 is 2.56 bits per heavy atom. The summed E-state index contributed by atoms with van der Waals surface area (Å²) in [6.45, 7) is 2.10. The lowest BCUT2D eigenvalue weighted by molar-refractivity contribution is 0.00964. The van der Waals surface area contributed by atoms with Crippen LogP contribution in [0.4, 0.5) is 8.78 Å². The maximum Gasteiger partial charge on any atom is 0.261 e. The van der Waals surface area contributed by atoms with Crippen LogP contribution in [0.15, 0.2) is 24.3 Å². The fourth-order valence-electron chi connectivity index (χ4n) is 1.66. The summed E-state index contributed by atoms with van der Waals surface area (Å²) in [6.07, 6.45) is -2.44. The van der Waals surface area contributed by atoms with Crippen LogP contribution in [0.25, 0.3) is 0 Å². The van der Waals surface area contributed by atoms with Gasteiger partial charge in [0.05, 0.1) is 19.3 Å². The molecule has 0 heterocycles. The first-order valence-electron chi connectivity index (χ1n) is 5.93. The topological polar surface area (TPSA) is 30.5 Å². The normalized spacial score (nSPS) is 12.7. The van der Waals surface area contributed by atoms with Crippen molar-refractivity contribution in [3.05, 3.63) is 29.8 Å². The number of para-hydroxylation sites is 1. The maximum atomic E-state index is 12.0. The smallest absolute Gasteiger partial charge is 0.261 e. The van der Waals surface area contributed by atoms with Gasteiger partial charge in [-0.05, 0) is 20.0 Å². The van der Waals surface area contributed by atoms with Gasteiger partial charge in [0.2, 0.25) is 0 Å². The van der Waals surface area contributed by atoms with Crippen molar-refractivity contribution in [1.82, 2.24) is 5.32 Å². The highest BCUT2D eigenvalue weighted by Crippen LogP contribution is 2.25. The van der Waals surface area contributed by atoms with Crippen molar-refractivity contribution in [3.63, 3.8) is 0 Å². The number of nitrogens with one attached hydrogen (secondary N) is 1. The second-order valence-corrected chi connectivity index (χ2v) is 3.74. The maximum absolute atomic E-state index is 12.0. The Balaban J connectivity index is 2.68. The van der Waals surface area contributed by atoms with E-state index in [-0.39, 0.29) is 12.6 Å². The Morgan fingerprint density at radius 2 is 1.94 bits per heavy atom. The molecule has 1 aromatic carbocycles. The molecule has 1 rings (SSSR count). The first-order chi connectivity index (χ1) is 8.69. The minimum Gasteiger partial charge on any atom is -0.494 e. The molecule has 0 radical (unpaired) electrons.